The van der Waals surface area contributed by atoms with Crippen LogP contribution in [-0.4, -0.2) is 56.9 Å². The first-order valence-electron chi connectivity index (χ1n) is 11.6. The normalized spacial score (nSPS) is 15.6. The van der Waals surface area contributed by atoms with Crippen LogP contribution in [0.5, 0.6) is 11.5 Å². The van der Waals surface area contributed by atoms with Gasteiger partial charge in [0.1, 0.15) is 18.1 Å². The Labute approximate surface area is 210 Å². The molecule has 2 aromatic carbocycles. The molecule has 2 heterocycles. The quantitative estimate of drug-likeness (QED) is 0.402. The van der Waals surface area contributed by atoms with Gasteiger partial charge in [-0.1, -0.05) is 25.1 Å². The number of carbonyl (C=O) groups is 1. The fourth-order valence-electron chi connectivity index (χ4n) is 4.24. The van der Waals surface area contributed by atoms with Gasteiger partial charge >= 0.3 is 0 Å². The lowest BCUT2D eigenvalue weighted by Crippen LogP contribution is -2.48. The minimum Gasteiger partial charge on any atom is -0.497 e. The Morgan fingerprint density at radius 2 is 1.83 bits per heavy atom. The molecule has 1 amide bonds. The van der Waals surface area contributed by atoms with Gasteiger partial charge in [-0.25, -0.2) is 8.42 Å². The summed E-state index contributed by atoms with van der Waals surface area (Å²) in [6, 6.07) is 17.5. The molecule has 1 atom stereocenters. The van der Waals surface area contributed by atoms with Crippen molar-refractivity contribution in [2.24, 2.45) is 0 Å². The molecule has 1 aromatic heterocycles. The second kappa shape index (κ2) is 11.2. The van der Waals surface area contributed by atoms with Crippen molar-refractivity contribution in [1.82, 2.24) is 9.21 Å². The smallest absolute Gasteiger partial charge is 0.243 e. The number of hydrogen-bond acceptors (Lipinski definition) is 6. The Kier molecular flexibility index (Phi) is 8.10. The van der Waals surface area contributed by atoms with Gasteiger partial charge in [-0.15, -0.1) is 11.3 Å². The molecule has 35 heavy (non-hydrogen) atoms. The zero-order valence-electron chi connectivity index (χ0n) is 19.9. The van der Waals surface area contributed by atoms with Crippen LogP contribution < -0.4 is 9.47 Å². The Hall–Kier alpha value is -2.88. The largest absolute Gasteiger partial charge is 0.497 e. The topological polar surface area (TPSA) is 76.2 Å². The molecule has 1 aliphatic heterocycles. The summed E-state index contributed by atoms with van der Waals surface area (Å²) in [5.74, 6) is 1.08. The van der Waals surface area contributed by atoms with E-state index in [-0.39, 0.29) is 29.9 Å². The summed E-state index contributed by atoms with van der Waals surface area (Å²) in [5, 5.41) is 2.03. The van der Waals surface area contributed by atoms with Crippen LogP contribution in [0.15, 0.2) is 70.9 Å². The van der Waals surface area contributed by atoms with E-state index in [2.05, 4.69) is 0 Å². The van der Waals surface area contributed by atoms with Gasteiger partial charge in [-0.3, -0.25) is 4.79 Å². The summed E-state index contributed by atoms with van der Waals surface area (Å²) in [7, 11) is -2.31. The molecule has 4 rings (SSSR count). The number of thiophene rings is 1. The minimum atomic E-state index is -3.84. The van der Waals surface area contributed by atoms with Crippen LogP contribution in [0.3, 0.4) is 0 Å². The van der Waals surface area contributed by atoms with Crippen LogP contribution in [0, 0.1) is 0 Å². The Bertz CT molecular complexity index is 1230. The molecule has 0 aliphatic carbocycles. The van der Waals surface area contributed by atoms with Gasteiger partial charge in [-0.05, 0) is 66.2 Å². The number of nitrogens with zero attached hydrogens (tertiary/aromatic N) is 2. The third-order valence-electron chi connectivity index (χ3n) is 6.05. The van der Waals surface area contributed by atoms with Gasteiger partial charge in [0.05, 0.1) is 24.6 Å². The third kappa shape index (κ3) is 5.69. The molecule has 1 unspecified atom stereocenters. The predicted octanol–water partition coefficient (Wildman–Crippen LogP) is 4.36. The summed E-state index contributed by atoms with van der Waals surface area (Å²) in [6.45, 7) is 2.76. The summed E-state index contributed by atoms with van der Waals surface area (Å²) < 4.78 is 39.2. The van der Waals surface area contributed by atoms with E-state index in [9.17, 15) is 13.2 Å². The minimum absolute atomic E-state index is 0.141. The number of rotatable bonds is 10. The molecule has 0 N–H and O–H groups in total. The zero-order valence-corrected chi connectivity index (χ0v) is 21.6. The van der Waals surface area contributed by atoms with E-state index in [0.717, 1.165) is 17.7 Å². The number of amides is 1. The maximum absolute atomic E-state index is 13.6. The zero-order chi connectivity index (χ0) is 24.8. The highest BCUT2D eigenvalue weighted by molar-refractivity contribution is 7.89. The van der Waals surface area contributed by atoms with E-state index in [4.69, 9.17) is 9.47 Å². The fraction of sp³-hybridized carbons (Fsp3) is 0.346. The standard InChI is InChI=1S/C26H30N2O5S2/c1-3-15-27(35(30,31)22-11-9-20(32-2)10-12-22)18-26(29)28-16-13-25-23(14-17-34-25)24(28)19-33-21-7-5-4-6-8-21/h4-12,14,17,24H,3,13,15-16,18-19H2,1-2H3. The van der Waals surface area contributed by atoms with Gasteiger partial charge in [-0.2, -0.15) is 4.31 Å². The number of carbonyl (C=O) groups excluding carboxylic acids is 1. The van der Waals surface area contributed by atoms with Crippen molar-refractivity contribution in [2.45, 2.75) is 30.7 Å². The van der Waals surface area contributed by atoms with Crippen LogP contribution in [-0.2, 0) is 21.2 Å². The number of sulfonamides is 1. The lowest BCUT2D eigenvalue weighted by atomic mass is 10.0. The van der Waals surface area contributed by atoms with Crippen molar-refractivity contribution in [3.8, 4) is 11.5 Å². The highest BCUT2D eigenvalue weighted by Crippen LogP contribution is 2.34. The molecule has 1 aliphatic rings. The molecule has 0 radical (unpaired) electrons. The highest BCUT2D eigenvalue weighted by Gasteiger charge is 2.35. The van der Waals surface area contributed by atoms with Gasteiger partial charge in [0.15, 0.2) is 0 Å². The second-order valence-electron chi connectivity index (χ2n) is 8.29. The van der Waals surface area contributed by atoms with E-state index < -0.39 is 10.0 Å². The van der Waals surface area contributed by atoms with E-state index in [0.29, 0.717) is 25.3 Å². The molecule has 0 saturated heterocycles. The van der Waals surface area contributed by atoms with E-state index in [1.54, 1.807) is 28.4 Å². The first kappa shape index (κ1) is 25.2. The molecule has 9 heteroatoms. The van der Waals surface area contributed by atoms with Crippen molar-refractivity contribution >= 4 is 27.3 Å². The third-order valence-corrected chi connectivity index (χ3v) is 8.90. The van der Waals surface area contributed by atoms with E-state index in [1.165, 1.54) is 28.4 Å². The van der Waals surface area contributed by atoms with Gasteiger partial charge < -0.3 is 14.4 Å². The average Bonchev–Trinajstić information content (AvgIpc) is 3.37. The summed E-state index contributed by atoms with van der Waals surface area (Å²) in [5.41, 5.74) is 1.07. The van der Waals surface area contributed by atoms with Crippen LogP contribution in [0.25, 0.3) is 0 Å². The van der Waals surface area contributed by atoms with Crippen LogP contribution in [0.2, 0.25) is 0 Å². The summed E-state index contributed by atoms with van der Waals surface area (Å²) in [4.78, 5) is 16.7. The summed E-state index contributed by atoms with van der Waals surface area (Å²) in [6.07, 6.45) is 1.34. The number of benzene rings is 2. The predicted molar refractivity (Wildman–Crippen MR) is 136 cm³/mol. The molecule has 0 saturated carbocycles. The lowest BCUT2D eigenvalue weighted by molar-refractivity contribution is -0.135. The van der Waals surface area contributed by atoms with Crippen molar-refractivity contribution in [3.63, 3.8) is 0 Å². The number of hydrogen-bond donors (Lipinski definition) is 0. The van der Waals surface area contributed by atoms with Gasteiger partial charge in [0.25, 0.3) is 0 Å². The average molecular weight is 515 g/mol. The lowest BCUT2D eigenvalue weighted by Gasteiger charge is -2.37. The fourth-order valence-corrected chi connectivity index (χ4v) is 6.65. The van der Waals surface area contributed by atoms with Crippen molar-refractivity contribution in [3.05, 3.63) is 76.5 Å². The molecule has 3 aromatic rings. The maximum Gasteiger partial charge on any atom is 0.243 e. The first-order valence-corrected chi connectivity index (χ1v) is 13.9. The van der Waals surface area contributed by atoms with Crippen molar-refractivity contribution in [2.75, 3.05) is 33.4 Å². The van der Waals surface area contributed by atoms with Crippen LogP contribution in [0.4, 0.5) is 0 Å². The highest BCUT2D eigenvalue weighted by atomic mass is 32.2. The Balaban J connectivity index is 1.55. The molecule has 0 spiro atoms. The molecule has 186 valence electrons. The maximum atomic E-state index is 13.6. The molecular weight excluding hydrogens is 484 g/mol. The summed E-state index contributed by atoms with van der Waals surface area (Å²) >= 11 is 1.68. The van der Waals surface area contributed by atoms with Crippen LogP contribution in [0.1, 0.15) is 29.8 Å². The van der Waals surface area contributed by atoms with Gasteiger partial charge in [0.2, 0.25) is 15.9 Å². The molecule has 0 fully saturated rings. The molecule has 7 nitrogen and oxygen atoms in total. The van der Waals surface area contributed by atoms with E-state index in [1.807, 2.05) is 48.7 Å². The SMILES string of the molecule is CCCN(CC(=O)N1CCc2sccc2C1COc1ccccc1)S(=O)(=O)c1ccc(OC)cc1. The number of para-hydroxylation sites is 1. The van der Waals surface area contributed by atoms with E-state index >= 15 is 0 Å². The first-order chi connectivity index (χ1) is 16.9. The van der Waals surface area contributed by atoms with Gasteiger partial charge in [0, 0.05) is 18.0 Å². The Morgan fingerprint density at radius 1 is 1.09 bits per heavy atom. The molecular formula is C26H30N2O5S2. The number of methoxy groups -OCH3 is 1. The van der Waals surface area contributed by atoms with Crippen molar-refractivity contribution < 1.29 is 22.7 Å². The van der Waals surface area contributed by atoms with Crippen molar-refractivity contribution in [1.29, 1.82) is 0 Å². The number of ether oxygens (including phenoxy) is 2. The second-order valence-corrected chi connectivity index (χ2v) is 11.2. The number of fused-ring (bicyclic) bond motifs is 1. The molecule has 0 bridgehead atoms. The monoisotopic (exact) mass is 514 g/mol. The Morgan fingerprint density at radius 3 is 2.51 bits per heavy atom. The van der Waals surface area contributed by atoms with Crippen LogP contribution >= 0.6 is 11.3 Å².